The fourth-order valence-corrected chi connectivity index (χ4v) is 2.40. The Morgan fingerprint density at radius 1 is 1.12 bits per heavy atom. The molecule has 24 heavy (non-hydrogen) atoms. The van der Waals surface area contributed by atoms with Gasteiger partial charge in [0.15, 0.2) is 5.96 Å². The molecule has 1 aromatic heterocycles. The molecule has 0 bridgehead atoms. The minimum absolute atomic E-state index is 0. The van der Waals surface area contributed by atoms with Gasteiger partial charge in [0.25, 0.3) is 0 Å². The van der Waals surface area contributed by atoms with E-state index in [2.05, 4.69) is 47.3 Å². The average Bonchev–Trinajstić information content (AvgIpc) is 2.60. The molecule has 0 saturated carbocycles. The number of anilines is 1. The molecule has 0 saturated heterocycles. The first-order valence-electron chi connectivity index (χ1n) is 7.85. The lowest BCUT2D eigenvalue weighted by atomic mass is 10.0. The van der Waals surface area contributed by atoms with E-state index in [0.717, 1.165) is 24.2 Å². The molecular formula is C18H25IN4O. The SMILES string of the molecule is CCc1cccc(CC)c1NC(N)=NCc1cccc(OC)n1.I. The Labute approximate surface area is 160 Å². The van der Waals surface area contributed by atoms with Crippen molar-refractivity contribution in [2.24, 2.45) is 10.7 Å². The van der Waals surface area contributed by atoms with Crippen molar-refractivity contribution in [3.63, 3.8) is 0 Å². The second-order valence-electron chi connectivity index (χ2n) is 5.16. The van der Waals surface area contributed by atoms with Gasteiger partial charge < -0.3 is 15.8 Å². The number of nitrogens with zero attached hydrogens (tertiary/aromatic N) is 2. The quantitative estimate of drug-likeness (QED) is 0.408. The lowest BCUT2D eigenvalue weighted by Gasteiger charge is -2.14. The topological polar surface area (TPSA) is 72.5 Å². The number of ether oxygens (including phenoxy) is 1. The zero-order chi connectivity index (χ0) is 16.7. The summed E-state index contributed by atoms with van der Waals surface area (Å²) in [6.45, 7) is 4.67. The summed E-state index contributed by atoms with van der Waals surface area (Å²) in [7, 11) is 1.60. The van der Waals surface area contributed by atoms with Gasteiger partial charge in [-0.2, -0.15) is 0 Å². The minimum atomic E-state index is 0. The largest absolute Gasteiger partial charge is 0.481 e. The highest BCUT2D eigenvalue weighted by Crippen LogP contribution is 2.22. The number of pyridine rings is 1. The molecule has 0 amide bonds. The van der Waals surface area contributed by atoms with E-state index >= 15 is 0 Å². The second-order valence-corrected chi connectivity index (χ2v) is 5.16. The average molecular weight is 440 g/mol. The van der Waals surface area contributed by atoms with Crippen molar-refractivity contribution in [2.45, 2.75) is 33.2 Å². The molecule has 2 rings (SSSR count). The van der Waals surface area contributed by atoms with Gasteiger partial charge in [-0.15, -0.1) is 24.0 Å². The Morgan fingerprint density at radius 2 is 1.75 bits per heavy atom. The van der Waals surface area contributed by atoms with Crippen LogP contribution in [0.15, 0.2) is 41.4 Å². The number of aliphatic imine (C=N–C) groups is 1. The van der Waals surface area contributed by atoms with Gasteiger partial charge in [0.05, 0.1) is 19.3 Å². The fourth-order valence-electron chi connectivity index (χ4n) is 2.40. The molecule has 1 aromatic carbocycles. The number of rotatable bonds is 6. The number of guanidine groups is 1. The van der Waals surface area contributed by atoms with Gasteiger partial charge in [-0.3, -0.25) is 0 Å². The molecule has 0 atom stereocenters. The van der Waals surface area contributed by atoms with Gasteiger partial charge in [-0.05, 0) is 30.0 Å². The van der Waals surface area contributed by atoms with Crippen molar-refractivity contribution in [1.82, 2.24) is 4.98 Å². The summed E-state index contributed by atoms with van der Waals surface area (Å²) in [4.78, 5) is 8.71. The van der Waals surface area contributed by atoms with E-state index in [1.54, 1.807) is 13.2 Å². The first-order chi connectivity index (χ1) is 11.2. The molecule has 0 radical (unpaired) electrons. The van der Waals surface area contributed by atoms with Gasteiger partial charge in [-0.1, -0.05) is 38.1 Å². The Bertz CT molecular complexity index is 666. The van der Waals surface area contributed by atoms with Crippen molar-refractivity contribution in [3.05, 3.63) is 53.2 Å². The predicted octanol–water partition coefficient (Wildman–Crippen LogP) is 3.76. The van der Waals surface area contributed by atoms with Gasteiger partial charge >= 0.3 is 0 Å². The van der Waals surface area contributed by atoms with Gasteiger partial charge in [0.1, 0.15) is 0 Å². The van der Waals surface area contributed by atoms with Gasteiger partial charge in [-0.25, -0.2) is 9.98 Å². The van der Waals surface area contributed by atoms with Crippen molar-refractivity contribution in [3.8, 4) is 5.88 Å². The molecule has 1 heterocycles. The zero-order valence-corrected chi connectivity index (χ0v) is 16.7. The molecular weight excluding hydrogens is 415 g/mol. The third-order valence-corrected chi connectivity index (χ3v) is 3.65. The van der Waals surface area contributed by atoms with Gasteiger partial charge in [0, 0.05) is 11.8 Å². The summed E-state index contributed by atoms with van der Waals surface area (Å²) in [6, 6.07) is 11.9. The van der Waals surface area contributed by atoms with Crippen LogP contribution in [0, 0.1) is 0 Å². The molecule has 0 fully saturated rings. The van der Waals surface area contributed by atoms with E-state index in [9.17, 15) is 0 Å². The van der Waals surface area contributed by atoms with E-state index in [1.807, 2.05) is 12.1 Å². The Hall–Kier alpha value is -1.83. The summed E-state index contributed by atoms with van der Waals surface area (Å²) in [5, 5.41) is 3.25. The van der Waals surface area contributed by atoms with E-state index < -0.39 is 0 Å². The van der Waals surface area contributed by atoms with Crippen LogP contribution < -0.4 is 15.8 Å². The molecule has 0 aliphatic carbocycles. The predicted molar refractivity (Wildman–Crippen MR) is 110 cm³/mol. The summed E-state index contributed by atoms with van der Waals surface area (Å²) < 4.78 is 5.11. The number of halogens is 1. The summed E-state index contributed by atoms with van der Waals surface area (Å²) >= 11 is 0. The maximum atomic E-state index is 6.05. The molecule has 130 valence electrons. The van der Waals surface area contributed by atoms with Crippen LogP contribution in [0.4, 0.5) is 5.69 Å². The van der Waals surface area contributed by atoms with Crippen molar-refractivity contribution >= 4 is 35.6 Å². The third kappa shape index (κ3) is 5.36. The normalized spacial score (nSPS) is 10.9. The third-order valence-electron chi connectivity index (χ3n) is 3.65. The number of para-hydroxylation sites is 1. The van der Waals surface area contributed by atoms with E-state index in [-0.39, 0.29) is 24.0 Å². The van der Waals surface area contributed by atoms with Crippen LogP contribution in [0.2, 0.25) is 0 Å². The molecule has 6 heteroatoms. The lowest BCUT2D eigenvalue weighted by molar-refractivity contribution is 0.396. The van der Waals surface area contributed by atoms with Crippen molar-refractivity contribution in [2.75, 3.05) is 12.4 Å². The number of benzene rings is 1. The molecule has 5 nitrogen and oxygen atoms in total. The van der Waals surface area contributed by atoms with E-state index in [0.29, 0.717) is 18.4 Å². The summed E-state index contributed by atoms with van der Waals surface area (Å²) in [6.07, 6.45) is 1.89. The number of hydrogen-bond acceptors (Lipinski definition) is 3. The van der Waals surface area contributed by atoms with Crippen molar-refractivity contribution < 1.29 is 4.74 Å². The van der Waals surface area contributed by atoms with Crippen LogP contribution in [0.5, 0.6) is 5.88 Å². The van der Waals surface area contributed by atoms with Crippen LogP contribution in [0.3, 0.4) is 0 Å². The number of nitrogens with one attached hydrogen (secondary N) is 1. The highest BCUT2D eigenvalue weighted by Gasteiger charge is 2.07. The highest BCUT2D eigenvalue weighted by atomic mass is 127. The zero-order valence-electron chi connectivity index (χ0n) is 14.4. The van der Waals surface area contributed by atoms with E-state index in [4.69, 9.17) is 10.5 Å². The monoisotopic (exact) mass is 440 g/mol. The smallest absolute Gasteiger partial charge is 0.213 e. The van der Waals surface area contributed by atoms with E-state index in [1.165, 1.54) is 11.1 Å². The maximum Gasteiger partial charge on any atom is 0.213 e. The molecule has 0 aliphatic rings. The first-order valence-corrected chi connectivity index (χ1v) is 7.85. The highest BCUT2D eigenvalue weighted by molar-refractivity contribution is 14.0. The van der Waals surface area contributed by atoms with Gasteiger partial charge in [0.2, 0.25) is 5.88 Å². The Morgan fingerprint density at radius 3 is 2.33 bits per heavy atom. The fraction of sp³-hybridized carbons (Fsp3) is 0.333. The number of nitrogens with two attached hydrogens (primary N) is 1. The lowest BCUT2D eigenvalue weighted by Crippen LogP contribution is -2.24. The van der Waals surface area contributed by atoms with Crippen LogP contribution >= 0.6 is 24.0 Å². The minimum Gasteiger partial charge on any atom is -0.481 e. The van der Waals surface area contributed by atoms with Crippen LogP contribution in [-0.4, -0.2) is 18.1 Å². The van der Waals surface area contributed by atoms with Crippen LogP contribution in [0.1, 0.15) is 30.7 Å². The Balaban J connectivity index is 0.00000288. The molecule has 0 aliphatic heterocycles. The summed E-state index contributed by atoms with van der Waals surface area (Å²) in [5.41, 5.74) is 10.4. The number of hydrogen-bond donors (Lipinski definition) is 2. The molecule has 2 aromatic rings. The first kappa shape index (κ1) is 20.2. The second kappa shape index (κ2) is 10.1. The van der Waals surface area contributed by atoms with Crippen molar-refractivity contribution in [1.29, 1.82) is 0 Å². The van der Waals surface area contributed by atoms with Crippen LogP contribution in [0.25, 0.3) is 0 Å². The summed E-state index contributed by atoms with van der Waals surface area (Å²) in [5.74, 6) is 0.971. The number of aryl methyl sites for hydroxylation is 2. The maximum absolute atomic E-state index is 6.05. The standard InChI is InChI=1S/C18H24N4O.HI/c1-4-13-8-6-9-14(5-2)17(13)22-18(19)20-12-15-10-7-11-16(21-15)23-3;/h6-11H,4-5,12H2,1-3H3,(H3,19,20,22);1H. The molecule has 0 spiro atoms. The molecule has 0 unspecified atom stereocenters. The van der Waals surface area contributed by atoms with Crippen LogP contribution in [-0.2, 0) is 19.4 Å². The Kier molecular flexibility index (Phi) is 8.53. The number of methoxy groups -OCH3 is 1. The number of aromatic nitrogens is 1. The molecule has 3 N–H and O–H groups in total.